The Bertz CT molecular complexity index is 769. The Morgan fingerprint density at radius 2 is 2.15 bits per heavy atom. The molecule has 0 saturated heterocycles. The predicted molar refractivity (Wildman–Crippen MR) is 78.2 cm³/mol. The summed E-state index contributed by atoms with van der Waals surface area (Å²) in [6, 6.07) is 10.4. The number of hydrogen-bond acceptors (Lipinski definition) is 2. The van der Waals surface area contributed by atoms with Crippen LogP contribution in [0.3, 0.4) is 0 Å². The Balaban J connectivity index is 1.99. The van der Waals surface area contributed by atoms with Gasteiger partial charge in [-0.1, -0.05) is 18.2 Å². The Labute approximate surface area is 116 Å². The summed E-state index contributed by atoms with van der Waals surface area (Å²) in [7, 11) is 3.66. The van der Waals surface area contributed by atoms with Crippen LogP contribution >= 0.6 is 0 Å². The molecule has 5 heteroatoms. The van der Waals surface area contributed by atoms with Gasteiger partial charge in [-0.15, -0.1) is 0 Å². The average Bonchev–Trinajstić information content (AvgIpc) is 3.04. The third-order valence-corrected chi connectivity index (χ3v) is 3.47. The normalized spacial score (nSPS) is 10.9. The molecule has 0 aliphatic rings. The molecule has 0 unspecified atom stereocenters. The number of amides is 1. The lowest BCUT2D eigenvalue weighted by molar-refractivity contribution is -0.121. The van der Waals surface area contributed by atoms with Crippen LogP contribution in [-0.2, 0) is 18.4 Å². The van der Waals surface area contributed by atoms with Crippen molar-refractivity contribution >= 4 is 16.8 Å². The summed E-state index contributed by atoms with van der Waals surface area (Å²) in [4.78, 5) is 11.4. The second kappa shape index (κ2) is 4.85. The van der Waals surface area contributed by atoms with Crippen LogP contribution in [-0.4, -0.2) is 27.3 Å². The molecular weight excluding hydrogens is 252 g/mol. The highest BCUT2D eigenvalue weighted by Gasteiger charge is 2.10. The Hall–Kier alpha value is -2.56. The molecule has 0 bridgehead atoms. The average molecular weight is 268 g/mol. The van der Waals surface area contributed by atoms with Crippen LogP contribution in [0.1, 0.15) is 0 Å². The Morgan fingerprint density at radius 1 is 1.35 bits per heavy atom. The van der Waals surface area contributed by atoms with Crippen molar-refractivity contribution in [3.8, 4) is 11.3 Å². The van der Waals surface area contributed by atoms with E-state index in [0.29, 0.717) is 0 Å². The summed E-state index contributed by atoms with van der Waals surface area (Å²) in [5, 5.41) is 8.02. The number of benzene rings is 1. The van der Waals surface area contributed by atoms with Crippen molar-refractivity contribution in [2.75, 3.05) is 7.05 Å². The molecule has 2 aromatic heterocycles. The van der Waals surface area contributed by atoms with Gasteiger partial charge < -0.3 is 9.88 Å². The summed E-state index contributed by atoms with van der Waals surface area (Å²) in [6.45, 7) is 0.237. The van der Waals surface area contributed by atoms with Crippen LogP contribution in [0, 0.1) is 0 Å². The third kappa shape index (κ3) is 2.07. The van der Waals surface area contributed by atoms with Crippen LogP contribution in [0.15, 0.2) is 42.7 Å². The van der Waals surface area contributed by atoms with Crippen molar-refractivity contribution in [2.45, 2.75) is 6.54 Å². The van der Waals surface area contributed by atoms with E-state index < -0.39 is 0 Å². The summed E-state index contributed by atoms with van der Waals surface area (Å²) >= 11 is 0. The van der Waals surface area contributed by atoms with Gasteiger partial charge in [0.25, 0.3) is 0 Å². The lowest BCUT2D eigenvalue weighted by atomic mass is 10.2. The smallest absolute Gasteiger partial charge is 0.241 e. The van der Waals surface area contributed by atoms with Crippen LogP contribution in [0.25, 0.3) is 22.2 Å². The van der Waals surface area contributed by atoms with Crippen molar-refractivity contribution in [3.05, 3.63) is 42.7 Å². The van der Waals surface area contributed by atoms with Crippen LogP contribution in [0.2, 0.25) is 0 Å². The van der Waals surface area contributed by atoms with E-state index >= 15 is 0 Å². The first-order chi connectivity index (χ1) is 9.69. The number of nitrogens with one attached hydrogen (secondary N) is 1. The molecule has 0 aliphatic heterocycles. The Kier molecular flexibility index (Phi) is 3.02. The number of fused-ring (bicyclic) bond motifs is 1. The molecule has 0 saturated carbocycles. The SMILES string of the molecule is CNC(=O)Cn1cc(-c2cc3ccccc3n2C)cn1. The van der Waals surface area contributed by atoms with E-state index in [-0.39, 0.29) is 12.5 Å². The first kappa shape index (κ1) is 12.5. The minimum Gasteiger partial charge on any atom is -0.358 e. The highest BCUT2D eigenvalue weighted by molar-refractivity contribution is 5.86. The van der Waals surface area contributed by atoms with Crippen molar-refractivity contribution < 1.29 is 4.79 Å². The Morgan fingerprint density at radius 3 is 2.90 bits per heavy atom. The largest absolute Gasteiger partial charge is 0.358 e. The van der Waals surface area contributed by atoms with Gasteiger partial charge in [-0.2, -0.15) is 5.10 Å². The number of rotatable bonds is 3. The molecular formula is C15H16N4O. The topological polar surface area (TPSA) is 51.9 Å². The van der Waals surface area contributed by atoms with E-state index in [2.05, 4.69) is 33.2 Å². The van der Waals surface area contributed by atoms with Crippen molar-refractivity contribution in [3.63, 3.8) is 0 Å². The van der Waals surface area contributed by atoms with E-state index in [1.54, 1.807) is 17.9 Å². The zero-order valence-electron chi connectivity index (χ0n) is 11.5. The van der Waals surface area contributed by atoms with E-state index in [4.69, 9.17) is 0 Å². The van der Waals surface area contributed by atoms with E-state index in [0.717, 1.165) is 11.3 Å². The standard InChI is InChI=1S/C15H16N4O/c1-16-15(20)10-19-9-12(8-17-19)14-7-11-5-3-4-6-13(11)18(14)2/h3-9H,10H2,1-2H3,(H,16,20). The van der Waals surface area contributed by atoms with Gasteiger partial charge in [-0.25, -0.2) is 0 Å². The zero-order valence-corrected chi connectivity index (χ0v) is 11.5. The molecule has 1 amide bonds. The maximum Gasteiger partial charge on any atom is 0.241 e. The lowest BCUT2D eigenvalue weighted by Crippen LogP contribution is -2.23. The summed E-state index contributed by atoms with van der Waals surface area (Å²) < 4.78 is 3.78. The molecule has 0 fully saturated rings. The highest BCUT2D eigenvalue weighted by atomic mass is 16.1. The minimum absolute atomic E-state index is 0.0586. The van der Waals surface area contributed by atoms with Gasteiger partial charge >= 0.3 is 0 Å². The number of aromatic nitrogens is 3. The van der Waals surface area contributed by atoms with Crippen molar-refractivity contribution in [1.29, 1.82) is 0 Å². The molecule has 0 spiro atoms. The molecule has 1 N–H and O–H groups in total. The molecule has 2 heterocycles. The summed E-state index contributed by atoms with van der Waals surface area (Å²) in [5.74, 6) is -0.0586. The number of likely N-dealkylation sites (N-methyl/N-ethyl adjacent to an activating group) is 1. The zero-order chi connectivity index (χ0) is 14.1. The first-order valence-electron chi connectivity index (χ1n) is 6.47. The quantitative estimate of drug-likeness (QED) is 0.787. The molecule has 0 aliphatic carbocycles. The molecule has 5 nitrogen and oxygen atoms in total. The predicted octanol–water partition coefficient (Wildman–Crippen LogP) is 1.79. The molecule has 3 aromatic rings. The number of para-hydroxylation sites is 1. The second-order valence-corrected chi connectivity index (χ2v) is 4.75. The van der Waals surface area contributed by atoms with E-state index in [1.807, 2.05) is 25.4 Å². The van der Waals surface area contributed by atoms with E-state index in [1.165, 1.54) is 10.9 Å². The van der Waals surface area contributed by atoms with Gasteiger partial charge in [0.15, 0.2) is 0 Å². The molecule has 20 heavy (non-hydrogen) atoms. The first-order valence-corrected chi connectivity index (χ1v) is 6.47. The van der Waals surface area contributed by atoms with Gasteiger partial charge in [0.1, 0.15) is 6.54 Å². The van der Waals surface area contributed by atoms with Gasteiger partial charge in [0.2, 0.25) is 5.91 Å². The fourth-order valence-electron chi connectivity index (χ4n) is 2.37. The van der Waals surface area contributed by atoms with Crippen LogP contribution in [0.5, 0.6) is 0 Å². The molecule has 0 atom stereocenters. The summed E-state index contributed by atoms with van der Waals surface area (Å²) in [6.07, 6.45) is 3.68. The van der Waals surface area contributed by atoms with Gasteiger partial charge in [-0.05, 0) is 12.1 Å². The fourth-order valence-corrected chi connectivity index (χ4v) is 2.37. The van der Waals surface area contributed by atoms with Gasteiger partial charge in [-0.3, -0.25) is 9.48 Å². The number of carbonyl (C=O) groups excluding carboxylic acids is 1. The molecule has 3 rings (SSSR count). The fraction of sp³-hybridized carbons (Fsp3) is 0.200. The number of aryl methyl sites for hydroxylation is 1. The van der Waals surface area contributed by atoms with E-state index in [9.17, 15) is 4.79 Å². The lowest BCUT2D eigenvalue weighted by Gasteiger charge is -2.01. The van der Waals surface area contributed by atoms with Crippen molar-refractivity contribution in [2.24, 2.45) is 7.05 Å². The third-order valence-electron chi connectivity index (χ3n) is 3.47. The maximum absolute atomic E-state index is 11.4. The molecule has 0 radical (unpaired) electrons. The maximum atomic E-state index is 11.4. The van der Waals surface area contributed by atoms with Gasteiger partial charge in [0, 0.05) is 36.8 Å². The highest BCUT2D eigenvalue weighted by Crippen LogP contribution is 2.26. The molecule has 1 aromatic carbocycles. The van der Waals surface area contributed by atoms with Crippen LogP contribution < -0.4 is 5.32 Å². The second-order valence-electron chi connectivity index (χ2n) is 4.75. The minimum atomic E-state index is -0.0586. The molecule has 102 valence electrons. The van der Waals surface area contributed by atoms with Crippen LogP contribution in [0.4, 0.5) is 0 Å². The number of hydrogen-bond donors (Lipinski definition) is 1. The van der Waals surface area contributed by atoms with Gasteiger partial charge in [0.05, 0.1) is 11.9 Å². The monoisotopic (exact) mass is 268 g/mol. The van der Waals surface area contributed by atoms with Crippen molar-refractivity contribution in [1.82, 2.24) is 19.7 Å². The number of carbonyl (C=O) groups is 1. The number of nitrogens with zero attached hydrogens (tertiary/aromatic N) is 3. The summed E-state index contributed by atoms with van der Waals surface area (Å²) in [5.41, 5.74) is 3.28.